The Balaban J connectivity index is 2.50. The average molecular weight is 192 g/mol. The average Bonchev–Trinajstić information content (AvgIpc) is 2.16. The molecule has 0 atom stereocenters. The number of nitrogen functional groups attached to an aromatic ring is 1. The quantitative estimate of drug-likeness (QED) is 0.540. The number of nitrogens with one attached hydrogen (secondary N) is 1. The van der Waals surface area contributed by atoms with E-state index in [4.69, 9.17) is 5.73 Å². The Hall–Kier alpha value is -1.84. The number of hydrogen-bond acceptors (Lipinski definition) is 3. The Morgan fingerprint density at radius 1 is 1.29 bits per heavy atom. The highest BCUT2D eigenvalue weighted by Crippen LogP contribution is 2.04. The van der Waals surface area contributed by atoms with E-state index in [1.54, 1.807) is 24.3 Å². The molecule has 0 aromatic heterocycles. The summed E-state index contributed by atoms with van der Waals surface area (Å²) >= 11 is 0. The van der Waals surface area contributed by atoms with Crippen LogP contribution in [-0.2, 0) is 16.1 Å². The van der Waals surface area contributed by atoms with Crippen molar-refractivity contribution in [2.24, 2.45) is 0 Å². The molecule has 14 heavy (non-hydrogen) atoms. The number of carbonyl (C=O) groups excluding carboxylic acids is 2. The van der Waals surface area contributed by atoms with Crippen LogP contribution in [0.4, 0.5) is 5.69 Å². The molecule has 0 bridgehead atoms. The van der Waals surface area contributed by atoms with Crippen molar-refractivity contribution in [3.63, 3.8) is 0 Å². The van der Waals surface area contributed by atoms with Gasteiger partial charge in [-0.25, -0.2) is 0 Å². The Morgan fingerprint density at radius 2 is 1.86 bits per heavy atom. The number of benzene rings is 1. The maximum Gasteiger partial charge on any atom is 0.287 e. The van der Waals surface area contributed by atoms with Gasteiger partial charge in [-0.15, -0.1) is 0 Å². The van der Waals surface area contributed by atoms with Gasteiger partial charge in [0.2, 0.25) is 5.78 Å². The van der Waals surface area contributed by atoms with Crippen molar-refractivity contribution in [2.45, 2.75) is 13.5 Å². The van der Waals surface area contributed by atoms with Crippen LogP contribution >= 0.6 is 0 Å². The zero-order chi connectivity index (χ0) is 10.6. The maximum atomic E-state index is 10.9. The lowest BCUT2D eigenvalue weighted by Gasteiger charge is -2.02. The molecule has 1 amide bonds. The highest BCUT2D eigenvalue weighted by Gasteiger charge is 2.05. The molecule has 4 heteroatoms. The summed E-state index contributed by atoms with van der Waals surface area (Å²) in [7, 11) is 0. The number of nitrogens with two attached hydrogens (primary N) is 1. The van der Waals surface area contributed by atoms with Crippen molar-refractivity contribution in [1.29, 1.82) is 0 Å². The van der Waals surface area contributed by atoms with E-state index in [-0.39, 0.29) is 0 Å². The second-order valence-corrected chi connectivity index (χ2v) is 2.98. The van der Waals surface area contributed by atoms with Crippen molar-refractivity contribution in [3.8, 4) is 0 Å². The standard InChI is InChI=1S/C10H12N2O2/c1-7(13)10(14)12-6-8-2-4-9(11)5-3-8/h2-5H,6,11H2,1H3,(H,12,14). The van der Waals surface area contributed by atoms with Crippen LogP contribution in [0.5, 0.6) is 0 Å². The van der Waals surface area contributed by atoms with E-state index in [1.165, 1.54) is 6.92 Å². The van der Waals surface area contributed by atoms with Gasteiger partial charge >= 0.3 is 0 Å². The highest BCUT2D eigenvalue weighted by atomic mass is 16.2. The van der Waals surface area contributed by atoms with Gasteiger partial charge < -0.3 is 11.1 Å². The summed E-state index contributed by atoms with van der Waals surface area (Å²) in [5.41, 5.74) is 7.07. The Morgan fingerprint density at radius 3 is 2.36 bits per heavy atom. The number of carbonyl (C=O) groups is 2. The number of rotatable bonds is 3. The van der Waals surface area contributed by atoms with E-state index in [0.717, 1.165) is 5.56 Å². The molecular weight excluding hydrogens is 180 g/mol. The second kappa shape index (κ2) is 4.41. The van der Waals surface area contributed by atoms with Gasteiger partial charge in [0.1, 0.15) is 0 Å². The van der Waals surface area contributed by atoms with Gasteiger partial charge in [-0.2, -0.15) is 0 Å². The van der Waals surface area contributed by atoms with Crippen LogP contribution in [0.15, 0.2) is 24.3 Å². The lowest BCUT2D eigenvalue weighted by molar-refractivity contribution is -0.136. The van der Waals surface area contributed by atoms with Gasteiger partial charge in [0.25, 0.3) is 5.91 Å². The fraction of sp³-hybridized carbons (Fsp3) is 0.200. The topological polar surface area (TPSA) is 72.2 Å². The Labute approximate surface area is 82.1 Å². The first-order valence-electron chi connectivity index (χ1n) is 4.23. The molecule has 3 N–H and O–H groups in total. The van der Waals surface area contributed by atoms with Gasteiger partial charge in [0.15, 0.2) is 0 Å². The Bertz CT molecular complexity index is 344. The van der Waals surface area contributed by atoms with Gasteiger partial charge in [-0.05, 0) is 17.7 Å². The minimum absolute atomic E-state index is 0.346. The van der Waals surface area contributed by atoms with Crippen LogP contribution < -0.4 is 11.1 Å². The largest absolute Gasteiger partial charge is 0.399 e. The summed E-state index contributed by atoms with van der Waals surface area (Å²) in [5, 5.41) is 2.49. The van der Waals surface area contributed by atoms with Crippen molar-refractivity contribution in [2.75, 3.05) is 5.73 Å². The van der Waals surface area contributed by atoms with Crippen LogP contribution in [-0.4, -0.2) is 11.7 Å². The number of hydrogen-bond donors (Lipinski definition) is 2. The number of Topliss-reactive ketones (excluding diaryl/α,β-unsaturated/α-hetero) is 1. The normalized spacial score (nSPS) is 9.50. The molecule has 0 radical (unpaired) electrons. The van der Waals surface area contributed by atoms with E-state index in [1.807, 2.05) is 0 Å². The minimum Gasteiger partial charge on any atom is -0.399 e. The molecule has 0 aliphatic carbocycles. The first-order chi connectivity index (χ1) is 6.59. The summed E-state index contributed by atoms with van der Waals surface area (Å²) in [6, 6.07) is 7.09. The number of ketones is 1. The van der Waals surface area contributed by atoms with Crippen LogP contribution in [0.3, 0.4) is 0 Å². The highest BCUT2D eigenvalue weighted by molar-refractivity contribution is 6.35. The third-order valence-electron chi connectivity index (χ3n) is 1.75. The third kappa shape index (κ3) is 2.90. The van der Waals surface area contributed by atoms with Gasteiger partial charge in [-0.3, -0.25) is 9.59 Å². The zero-order valence-corrected chi connectivity index (χ0v) is 7.91. The van der Waals surface area contributed by atoms with E-state index in [0.29, 0.717) is 12.2 Å². The third-order valence-corrected chi connectivity index (χ3v) is 1.75. The smallest absolute Gasteiger partial charge is 0.287 e. The van der Waals surface area contributed by atoms with Crippen LogP contribution in [0, 0.1) is 0 Å². The predicted octanol–water partition coefficient (Wildman–Crippen LogP) is 0.474. The summed E-state index contributed by atoms with van der Waals surface area (Å²) in [5.74, 6) is -1.05. The zero-order valence-electron chi connectivity index (χ0n) is 7.91. The van der Waals surface area contributed by atoms with Crippen molar-refractivity contribution >= 4 is 17.4 Å². The lowest BCUT2D eigenvalue weighted by atomic mass is 10.2. The summed E-state index contributed by atoms with van der Waals surface area (Å²) in [6.07, 6.45) is 0. The molecule has 0 saturated heterocycles. The van der Waals surface area contributed by atoms with E-state index in [9.17, 15) is 9.59 Å². The SMILES string of the molecule is CC(=O)C(=O)NCc1ccc(N)cc1. The molecule has 1 aromatic rings. The van der Waals surface area contributed by atoms with Crippen LogP contribution in [0.2, 0.25) is 0 Å². The molecule has 0 aliphatic rings. The predicted molar refractivity (Wildman–Crippen MR) is 53.4 cm³/mol. The van der Waals surface area contributed by atoms with Crippen LogP contribution in [0.1, 0.15) is 12.5 Å². The van der Waals surface area contributed by atoms with Crippen molar-refractivity contribution in [3.05, 3.63) is 29.8 Å². The van der Waals surface area contributed by atoms with E-state index >= 15 is 0 Å². The monoisotopic (exact) mass is 192 g/mol. The van der Waals surface area contributed by atoms with Crippen LogP contribution in [0.25, 0.3) is 0 Å². The molecule has 1 aromatic carbocycles. The van der Waals surface area contributed by atoms with Gasteiger partial charge in [0.05, 0.1) is 0 Å². The molecule has 4 nitrogen and oxygen atoms in total. The number of amides is 1. The molecule has 0 fully saturated rings. The Kier molecular flexibility index (Phi) is 3.23. The lowest BCUT2D eigenvalue weighted by Crippen LogP contribution is -2.28. The molecule has 0 unspecified atom stereocenters. The molecular formula is C10H12N2O2. The maximum absolute atomic E-state index is 10.9. The van der Waals surface area contributed by atoms with Crippen molar-refractivity contribution < 1.29 is 9.59 Å². The van der Waals surface area contributed by atoms with Gasteiger partial charge in [-0.1, -0.05) is 12.1 Å². The molecule has 1 rings (SSSR count). The first-order valence-corrected chi connectivity index (χ1v) is 4.23. The second-order valence-electron chi connectivity index (χ2n) is 2.98. The fourth-order valence-electron chi connectivity index (χ4n) is 0.942. The summed E-state index contributed by atoms with van der Waals surface area (Å²) in [6.45, 7) is 1.58. The molecule has 0 aliphatic heterocycles. The number of anilines is 1. The summed E-state index contributed by atoms with van der Waals surface area (Å²) < 4.78 is 0. The summed E-state index contributed by atoms with van der Waals surface area (Å²) in [4.78, 5) is 21.5. The van der Waals surface area contributed by atoms with E-state index < -0.39 is 11.7 Å². The van der Waals surface area contributed by atoms with E-state index in [2.05, 4.69) is 5.32 Å². The molecule has 0 spiro atoms. The van der Waals surface area contributed by atoms with Crippen molar-refractivity contribution in [1.82, 2.24) is 5.32 Å². The molecule has 0 saturated carbocycles. The fourth-order valence-corrected chi connectivity index (χ4v) is 0.942. The molecule has 0 heterocycles. The van der Waals surface area contributed by atoms with Gasteiger partial charge in [0, 0.05) is 19.2 Å². The molecule has 74 valence electrons. The first kappa shape index (κ1) is 10.2. The minimum atomic E-state index is -0.568.